The number of anilines is 2. The number of carbonyl (C=O) groups is 1. The lowest BCUT2D eigenvalue weighted by Gasteiger charge is -2.12. The summed E-state index contributed by atoms with van der Waals surface area (Å²) in [7, 11) is 1.82. The van der Waals surface area contributed by atoms with Gasteiger partial charge in [0.15, 0.2) is 0 Å². The lowest BCUT2D eigenvalue weighted by Crippen LogP contribution is -2.19. The first-order chi connectivity index (χ1) is 12.5. The van der Waals surface area contributed by atoms with E-state index in [1.54, 1.807) is 35.1 Å². The Kier molecular flexibility index (Phi) is 4.92. The van der Waals surface area contributed by atoms with E-state index in [9.17, 15) is 4.79 Å². The molecule has 0 aliphatic heterocycles. The Labute approximate surface area is 156 Å². The van der Waals surface area contributed by atoms with Gasteiger partial charge in [0.1, 0.15) is 0 Å². The molecule has 0 bridgehead atoms. The smallest absolute Gasteiger partial charge is 0.308 e. The van der Waals surface area contributed by atoms with Gasteiger partial charge in [-0.3, -0.25) is 4.68 Å². The van der Waals surface area contributed by atoms with Crippen molar-refractivity contribution in [3.63, 3.8) is 0 Å². The highest BCUT2D eigenvalue weighted by atomic mass is 35.5. The summed E-state index contributed by atoms with van der Waals surface area (Å²) in [5, 5.41) is 19.1. The molecule has 7 heteroatoms. The number of nitrogens with one attached hydrogen (secondary N) is 2. The van der Waals surface area contributed by atoms with Crippen molar-refractivity contribution in [3.05, 3.63) is 64.8 Å². The topological polar surface area (TPSA) is 82.7 Å². The average Bonchev–Trinajstić information content (AvgIpc) is 2.95. The molecule has 0 spiro atoms. The molecule has 0 aliphatic carbocycles. The van der Waals surface area contributed by atoms with Crippen molar-refractivity contribution >= 4 is 29.0 Å². The molecule has 130 valence electrons. The number of carbonyl (C=O) groups excluding carboxylic acids is 1. The number of halogens is 1. The van der Waals surface area contributed by atoms with Gasteiger partial charge in [-0.1, -0.05) is 23.7 Å². The summed E-state index contributed by atoms with van der Waals surface area (Å²) in [6, 6.07) is 13.9. The van der Waals surface area contributed by atoms with E-state index in [2.05, 4.69) is 15.7 Å². The van der Waals surface area contributed by atoms with Crippen molar-refractivity contribution in [1.82, 2.24) is 9.78 Å². The summed E-state index contributed by atoms with van der Waals surface area (Å²) >= 11 is 6.24. The second-order valence-electron chi connectivity index (χ2n) is 5.77. The highest BCUT2D eigenvalue weighted by Gasteiger charge is 2.13. The molecule has 6 nitrogen and oxygen atoms in total. The zero-order valence-electron chi connectivity index (χ0n) is 14.2. The number of urea groups is 1. The fourth-order valence-corrected chi connectivity index (χ4v) is 2.90. The van der Waals surface area contributed by atoms with Crippen molar-refractivity contribution in [2.75, 3.05) is 10.6 Å². The molecule has 0 fully saturated rings. The van der Waals surface area contributed by atoms with Crippen LogP contribution in [0.15, 0.2) is 48.7 Å². The first-order valence-corrected chi connectivity index (χ1v) is 8.22. The lowest BCUT2D eigenvalue weighted by atomic mass is 10.0. The molecule has 26 heavy (non-hydrogen) atoms. The Morgan fingerprint density at radius 2 is 1.92 bits per heavy atom. The Balaban J connectivity index is 1.81. The molecule has 0 unspecified atom stereocenters. The van der Waals surface area contributed by atoms with Crippen LogP contribution in [0.5, 0.6) is 0 Å². The molecule has 0 saturated heterocycles. The number of hydrogen-bond acceptors (Lipinski definition) is 3. The van der Waals surface area contributed by atoms with E-state index < -0.39 is 6.03 Å². The van der Waals surface area contributed by atoms with Gasteiger partial charge in [0.25, 0.3) is 0 Å². The predicted octanol–water partition coefficient (Wildman–Crippen LogP) is 4.56. The standard InChI is InChI=1S/C19H16ClN5O/c1-12-6-7-15(9-16(12)18-17(20)11-22-25(18)2)24-19(26)23-14-5-3-4-13(8-14)10-21/h3-9,11H,1-2H3,(H2,23,24,26). The Hall–Kier alpha value is -3.30. The van der Waals surface area contributed by atoms with E-state index in [0.29, 0.717) is 22.0 Å². The number of nitrogens with zero attached hydrogens (tertiary/aromatic N) is 3. The summed E-state index contributed by atoms with van der Waals surface area (Å²) in [6.07, 6.45) is 1.59. The minimum atomic E-state index is -0.397. The Bertz CT molecular complexity index is 1000. The third-order valence-electron chi connectivity index (χ3n) is 3.89. The summed E-state index contributed by atoms with van der Waals surface area (Å²) < 4.78 is 1.70. The van der Waals surface area contributed by atoms with Crippen LogP contribution in [0.2, 0.25) is 5.02 Å². The molecule has 2 N–H and O–H groups in total. The normalized spacial score (nSPS) is 10.2. The summed E-state index contributed by atoms with van der Waals surface area (Å²) in [6.45, 7) is 1.97. The van der Waals surface area contributed by atoms with Crippen LogP contribution in [0.3, 0.4) is 0 Å². The number of amides is 2. The number of nitriles is 1. The fourth-order valence-electron chi connectivity index (χ4n) is 2.63. The van der Waals surface area contributed by atoms with Crippen molar-refractivity contribution in [3.8, 4) is 17.3 Å². The largest absolute Gasteiger partial charge is 0.323 e. The minimum Gasteiger partial charge on any atom is -0.308 e. The molecule has 2 amide bonds. The quantitative estimate of drug-likeness (QED) is 0.713. The van der Waals surface area contributed by atoms with Crippen LogP contribution in [0, 0.1) is 18.3 Å². The third-order valence-corrected chi connectivity index (χ3v) is 4.17. The molecule has 2 aromatic carbocycles. The van der Waals surface area contributed by atoms with Gasteiger partial charge in [-0.05, 0) is 42.8 Å². The van der Waals surface area contributed by atoms with Crippen LogP contribution in [-0.4, -0.2) is 15.8 Å². The molecule has 3 rings (SSSR count). The van der Waals surface area contributed by atoms with Gasteiger partial charge in [-0.2, -0.15) is 10.4 Å². The second kappa shape index (κ2) is 7.30. The van der Waals surface area contributed by atoms with Crippen molar-refractivity contribution in [2.45, 2.75) is 6.92 Å². The second-order valence-corrected chi connectivity index (χ2v) is 6.17. The van der Waals surface area contributed by atoms with Gasteiger partial charge >= 0.3 is 6.03 Å². The number of rotatable bonds is 3. The van der Waals surface area contributed by atoms with Gasteiger partial charge in [-0.25, -0.2) is 4.79 Å². The number of benzene rings is 2. The molecule has 3 aromatic rings. The monoisotopic (exact) mass is 365 g/mol. The van der Waals surface area contributed by atoms with E-state index in [-0.39, 0.29) is 0 Å². The lowest BCUT2D eigenvalue weighted by molar-refractivity contribution is 0.262. The van der Waals surface area contributed by atoms with Gasteiger partial charge in [0.2, 0.25) is 0 Å². The average molecular weight is 366 g/mol. The number of aromatic nitrogens is 2. The maximum Gasteiger partial charge on any atom is 0.323 e. The van der Waals surface area contributed by atoms with Gasteiger partial charge < -0.3 is 10.6 Å². The Morgan fingerprint density at radius 3 is 2.58 bits per heavy atom. The zero-order chi connectivity index (χ0) is 18.7. The van der Waals surface area contributed by atoms with Crippen molar-refractivity contribution < 1.29 is 4.79 Å². The minimum absolute atomic E-state index is 0.397. The first kappa shape index (κ1) is 17.5. The zero-order valence-corrected chi connectivity index (χ0v) is 15.0. The maximum absolute atomic E-state index is 12.2. The molecular formula is C19H16ClN5O. The summed E-state index contributed by atoms with van der Waals surface area (Å²) in [4.78, 5) is 12.2. The van der Waals surface area contributed by atoms with E-state index in [0.717, 1.165) is 16.8 Å². The van der Waals surface area contributed by atoms with Crippen LogP contribution in [0.25, 0.3) is 11.3 Å². The molecular weight excluding hydrogens is 350 g/mol. The molecule has 1 aromatic heterocycles. The first-order valence-electron chi connectivity index (χ1n) is 7.84. The molecule has 0 aliphatic rings. The van der Waals surface area contributed by atoms with Crippen LogP contribution >= 0.6 is 11.6 Å². The summed E-state index contributed by atoms with van der Waals surface area (Å²) in [5.74, 6) is 0. The molecule has 1 heterocycles. The van der Waals surface area contributed by atoms with Crippen LogP contribution in [0.1, 0.15) is 11.1 Å². The van der Waals surface area contributed by atoms with Gasteiger partial charge in [0.05, 0.1) is 28.5 Å². The fraction of sp³-hybridized carbons (Fsp3) is 0.105. The van der Waals surface area contributed by atoms with E-state index in [4.69, 9.17) is 16.9 Å². The van der Waals surface area contributed by atoms with Crippen LogP contribution in [-0.2, 0) is 7.05 Å². The van der Waals surface area contributed by atoms with Crippen molar-refractivity contribution in [1.29, 1.82) is 5.26 Å². The van der Waals surface area contributed by atoms with Crippen LogP contribution < -0.4 is 10.6 Å². The highest BCUT2D eigenvalue weighted by molar-refractivity contribution is 6.33. The van der Waals surface area contributed by atoms with Gasteiger partial charge in [0, 0.05) is 24.0 Å². The highest BCUT2D eigenvalue weighted by Crippen LogP contribution is 2.31. The van der Waals surface area contributed by atoms with Crippen molar-refractivity contribution in [2.24, 2.45) is 7.05 Å². The number of hydrogen-bond donors (Lipinski definition) is 2. The summed E-state index contributed by atoms with van der Waals surface area (Å²) in [5.41, 5.74) is 4.34. The van der Waals surface area contributed by atoms with Gasteiger partial charge in [-0.15, -0.1) is 0 Å². The number of aryl methyl sites for hydroxylation is 2. The molecule has 0 radical (unpaired) electrons. The molecule has 0 saturated carbocycles. The maximum atomic E-state index is 12.2. The predicted molar refractivity (Wildman–Crippen MR) is 102 cm³/mol. The van der Waals surface area contributed by atoms with E-state index >= 15 is 0 Å². The molecule has 0 atom stereocenters. The van der Waals surface area contributed by atoms with Crippen LogP contribution in [0.4, 0.5) is 16.2 Å². The van der Waals surface area contributed by atoms with E-state index in [1.807, 2.05) is 38.2 Å². The SMILES string of the molecule is Cc1ccc(NC(=O)Nc2cccc(C#N)c2)cc1-c1c(Cl)cnn1C. The van der Waals surface area contributed by atoms with E-state index in [1.165, 1.54) is 0 Å². The third kappa shape index (κ3) is 3.68. The Morgan fingerprint density at radius 1 is 1.19 bits per heavy atom.